The summed E-state index contributed by atoms with van der Waals surface area (Å²) in [5.74, 6) is -0.0316. The Morgan fingerprint density at radius 1 is 1.17 bits per heavy atom. The van der Waals surface area contributed by atoms with Crippen LogP contribution in [-0.2, 0) is 11.2 Å². The topological polar surface area (TPSA) is 49.4 Å². The molecule has 3 rings (SSSR count). The van der Waals surface area contributed by atoms with E-state index in [4.69, 9.17) is 0 Å². The van der Waals surface area contributed by atoms with Gasteiger partial charge in [0, 0.05) is 33.9 Å². The SMILES string of the molecule is CC(C)C(=O)N1CCc2cc(NC(=O)c3cccc(Br)c3)ccc21. The van der Waals surface area contributed by atoms with E-state index < -0.39 is 0 Å². The lowest BCUT2D eigenvalue weighted by Gasteiger charge is -2.19. The molecule has 0 unspecified atom stereocenters. The molecule has 0 aliphatic carbocycles. The third-order valence-corrected chi connectivity index (χ3v) is 4.57. The fraction of sp³-hybridized carbons (Fsp3) is 0.263. The largest absolute Gasteiger partial charge is 0.322 e. The molecule has 2 amide bonds. The fourth-order valence-corrected chi connectivity index (χ4v) is 3.25. The van der Waals surface area contributed by atoms with Gasteiger partial charge in [-0.2, -0.15) is 0 Å². The second-order valence-corrected chi connectivity index (χ2v) is 7.12. The first-order valence-corrected chi connectivity index (χ1v) is 8.76. The van der Waals surface area contributed by atoms with Gasteiger partial charge < -0.3 is 10.2 Å². The normalized spacial score (nSPS) is 13.1. The minimum Gasteiger partial charge on any atom is -0.322 e. The van der Waals surface area contributed by atoms with Gasteiger partial charge in [-0.1, -0.05) is 35.8 Å². The molecule has 1 heterocycles. The van der Waals surface area contributed by atoms with Gasteiger partial charge in [-0.3, -0.25) is 9.59 Å². The highest BCUT2D eigenvalue weighted by Gasteiger charge is 2.26. The molecule has 1 N–H and O–H groups in total. The van der Waals surface area contributed by atoms with E-state index in [-0.39, 0.29) is 17.7 Å². The lowest BCUT2D eigenvalue weighted by molar-refractivity contribution is -0.121. The summed E-state index contributed by atoms with van der Waals surface area (Å²) in [5.41, 5.74) is 3.39. The summed E-state index contributed by atoms with van der Waals surface area (Å²) in [6.45, 7) is 4.52. The van der Waals surface area contributed by atoms with Crippen molar-refractivity contribution in [3.8, 4) is 0 Å². The molecule has 4 nitrogen and oxygen atoms in total. The molecule has 1 aliphatic rings. The number of fused-ring (bicyclic) bond motifs is 1. The van der Waals surface area contributed by atoms with Crippen LogP contribution in [0.15, 0.2) is 46.9 Å². The minimum absolute atomic E-state index is 0.0214. The van der Waals surface area contributed by atoms with Gasteiger partial charge in [0.15, 0.2) is 0 Å². The van der Waals surface area contributed by atoms with Crippen molar-refractivity contribution >= 4 is 39.1 Å². The number of hydrogen-bond donors (Lipinski definition) is 1. The van der Waals surface area contributed by atoms with E-state index in [1.54, 1.807) is 12.1 Å². The molecule has 5 heteroatoms. The molecular formula is C19H19BrN2O2. The van der Waals surface area contributed by atoms with Crippen molar-refractivity contribution in [1.29, 1.82) is 0 Å². The van der Waals surface area contributed by atoms with Crippen LogP contribution >= 0.6 is 15.9 Å². The molecule has 1 aliphatic heterocycles. The van der Waals surface area contributed by atoms with Crippen molar-refractivity contribution in [3.05, 3.63) is 58.1 Å². The van der Waals surface area contributed by atoms with E-state index in [0.717, 1.165) is 27.8 Å². The summed E-state index contributed by atoms with van der Waals surface area (Å²) in [5, 5.41) is 2.92. The summed E-state index contributed by atoms with van der Waals surface area (Å²) >= 11 is 3.37. The maximum absolute atomic E-state index is 12.3. The number of nitrogens with zero attached hydrogens (tertiary/aromatic N) is 1. The smallest absolute Gasteiger partial charge is 0.255 e. The predicted molar refractivity (Wildman–Crippen MR) is 99.4 cm³/mol. The second-order valence-electron chi connectivity index (χ2n) is 6.20. The summed E-state index contributed by atoms with van der Waals surface area (Å²) in [6, 6.07) is 13.0. The molecular weight excluding hydrogens is 368 g/mol. The second kappa shape index (κ2) is 6.77. The first-order chi connectivity index (χ1) is 11.5. The predicted octanol–water partition coefficient (Wildman–Crippen LogP) is 4.25. The third kappa shape index (κ3) is 3.36. The van der Waals surface area contributed by atoms with Crippen molar-refractivity contribution < 1.29 is 9.59 Å². The van der Waals surface area contributed by atoms with Gasteiger partial charge >= 0.3 is 0 Å². The van der Waals surface area contributed by atoms with Crippen LogP contribution in [-0.4, -0.2) is 18.4 Å². The number of nitrogens with one attached hydrogen (secondary N) is 1. The number of amides is 2. The van der Waals surface area contributed by atoms with Crippen LogP contribution < -0.4 is 10.2 Å². The van der Waals surface area contributed by atoms with E-state index in [0.29, 0.717) is 12.1 Å². The van der Waals surface area contributed by atoms with Gasteiger partial charge in [0.25, 0.3) is 5.91 Å². The summed E-state index contributed by atoms with van der Waals surface area (Å²) in [6.07, 6.45) is 0.814. The third-order valence-electron chi connectivity index (χ3n) is 4.08. The van der Waals surface area contributed by atoms with Gasteiger partial charge in [-0.05, 0) is 48.4 Å². The Balaban J connectivity index is 1.78. The molecule has 0 bridgehead atoms. The number of hydrogen-bond acceptors (Lipinski definition) is 2. The van der Waals surface area contributed by atoms with E-state index >= 15 is 0 Å². The van der Waals surface area contributed by atoms with Crippen molar-refractivity contribution in [2.45, 2.75) is 20.3 Å². The fourth-order valence-electron chi connectivity index (χ4n) is 2.85. The maximum atomic E-state index is 12.3. The zero-order chi connectivity index (χ0) is 17.3. The van der Waals surface area contributed by atoms with Crippen LogP contribution in [0.5, 0.6) is 0 Å². The van der Waals surface area contributed by atoms with Gasteiger partial charge in [-0.25, -0.2) is 0 Å². The van der Waals surface area contributed by atoms with Gasteiger partial charge in [-0.15, -0.1) is 0 Å². The lowest BCUT2D eigenvalue weighted by Crippen LogP contribution is -2.32. The zero-order valence-electron chi connectivity index (χ0n) is 13.7. The highest BCUT2D eigenvalue weighted by molar-refractivity contribution is 9.10. The highest BCUT2D eigenvalue weighted by Crippen LogP contribution is 2.31. The van der Waals surface area contributed by atoms with Crippen molar-refractivity contribution in [2.75, 3.05) is 16.8 Å². The average molecular weight is 387 g/mol. The molecule has 124 valence electrons. The Hall–Kier alpha value is -2.14. The molecule has 2 aromatic rings. The number of halogens is 1. The van der Waals surface area contributed by atoms with E-state index in [2.05, 4.69) is 21.2 Å². The maximum Gasteiger partial charge on any atom is 0.255 e. The minimum atomic E-state index is -0.149. The van der Waals surface area contributed by atoms with E-state index in [1.165, 1.54) is 0 Å². The molecule has 24 heavy (non-hydrogen) atoms. The standard InChI is InChI=1S/C19H19BrN2O2/c1-12(2)19(24)22-9-8-13-11-16(6-7-17(13)22)21-18(23)14-4-3-5-15(20)10-14/h3-7,10-12H,8-9H2,1-2H3,(H,21,23). The Kier molecular flexibility index (Phi) is 4.71. The highest BCUT2D eigenvalue weighted by atomic mass is 79.9. The molecule has 0 spiro atoms. The van der Waals surface area contributed by atoms with E-state index in [1.807, 2.05) is 49.1 Å². The van der Waals surface area contributed by atoms with Crippen LogP contribution in [0.3, 0.4) is 0 Å². The van der Waals surface area contributed by atoms with Crippen molar-refractivity contribution in [2.24, 2.45) is 5.92 Å². The molecule has 0 fully saturated rings. The van der Waals surface area contributed by atoms with Gasteiger partial charge in [0.2, 0.25) is 5.91 Å². The Labute approximate surface area is 150 Å². The van der Waals surface area contributed by atoms with Crippen molar-refractivity contribution in [3.63, 3.8) is 0 Å². The number of rotatable bonds is 3. The van der Waals surface area contributed by atoms with Crippen LogP contribution in [0, 0.1) is 5.92 Å². The molecule has 0 saturated heterocycles. The summed E-state index contributed by atoms with van der Waals surface area (Å²) < 4.78 is 0.868. The number of carbonyl (C=O) groups excluding carboxylic acids is 2. The Morgan fingerprint density at radius 3 is 2.67 bits per heavy atom. The molecule has 0 radical (unpaired) electrons. The van der Waals surface area contributed by atoms with Crippen LogP contribution in [0.1, 0.15) is 29.8 Å². The van der Waals surface area contributed by atoms with Crippen LogP contribution in [0.4, 0.5) is 11.4 Å². The number of benzene rings is 2. The number of anilines is 2. The van der Waals surface area contributed by atoms with Gasteiger partial charge in [0.05, 0.1) is 0 Å². The quantitative estimate of drug-likeness (QED) is 0.856. The monoisotopic (exact) mass is 386 g/mol. The molecule has 0 aromatic heterocycles. The average Bonchev–Trinajstić information content (AvgIpc) is 2.97. The van der Waals surface area contributed by atoms with Crippen molar-refractivity contribution in [1.82, 2.24) is 0 Å². The zero-order valence-corrected chi connectivity index (χ0v) is 15.3. The van der Waals surface area contributed by atoms with Crippen LogP contribution in [0.2, 0.25) is 0 Å². The van der Waals surface area contributed by atoms with Gasteiger partial charge in [0.1, 0.15) is 0 Å². The lowest BCUT2D eigenvalue weighted by atomic mass is 10.1. The van der Waals surface area contributed by atoms with Crippen LogP contribution in [0.25, 0.3) is 0 Å². The first-order valence-electron chi connectivity index (χ1n) is 7.97. The Bertz CT molecular complexity index is 802. The summed E-state index contributed by atoms with van der Waals surface area (Å²) in [4.78, 5) is 26.4. The number of carbonyl (C=O) groups is 2. The summed E-state index contributed by atoms with van der Waals surface area (Å²) in [7, 11) is 0. The first kappa shape index (κ1) is 16.7. The molecule has 2 aromatic carbocycles. The van der Waals surface area contributed by atoms with E-state index in [9.17, 15) is 9.59 Å². The molecule has 0 atom stereocenters. The molecule has 0 saturated carbocycles. The Morgan fingerprint density at radius 2 is 1.96 bits per heavy atom.